The molecule has 0 amide bonds. The van der Waals surface area contributed by atoms with Crippen LogP contribution in [0.4, 0.5) is 8.78 Å². The van der Waals surface area contributed by atoms with Crippen molar-refractivity contribution in [2.75, 3.05) is 0 Å². The monoisotopic (exact) mass is 262 g/mol. The molecule has 0 fully saturated rings. The Kier molecular flexibility index (Phi) is 2.56. The van der Waals surface area contributed by atoms with Gasteiger partial charge in [0.25, 0.3) is 0 Å². The number of nitrogens with zero attached hydrogens (tertiary/aromatic N) is 1. The molecule has 3 aromatic rings. The maximum Gasteiger partial charge on any atom is 0.159 e. The third kappa shape index (κ3) is 1.86. The number of fused-ring (bicyclic) bond motifs is 1. The van der Waals surface area contributed by atoms with Gasteiger partial charge in [-0.2, -0.15) is 0 Å². The van der Waals surface area contributed by atoms with E-state index in [1.165, 1.54) is 6.07 Å². The van der Waals surface area contributed by atoms with E-state index in [-0.39, 0.29) is 0 Å². The first-order valence-corrected chi connectivity index (χ1v) is 5.72. The number of benzene rings is 2. The molecule has 1 aromatic heterocycles. The van der Waals surface area contributed by atoms with Crippen LogP contribution in [0.25, 0.3) is 22.4 Å². The molecular formula is C13H8F2N2S. The smallest absolute Gasteiger partial charge is 0.159 e. The number of hydrogen-bond donors (Lipinski definition) is 2. The topological polar surface area (TPSA) is 28.7 Å². The van der Waals surface area contributed by atoms with Gasteiger partial charge in [0.1, 0.15) is 5.82 Å². The highest BCUT2D eigenvalue weighted by atomic mass is 32.1. The number of aromatic amines is 1. The second-order valence-corrected chi connectivity index (χ2v) is 4.43. The van der Waals surface area contributed by atoms with Crippen LogP contribution in [-0.4, -0.2) is 9.97 Å². The summed E-state index contributed by atoms with van der Waals surface area (Å²) in [6.45, 7) is 0. The Hall–Kier alpha value is -1.88. The predicted octanol–water partition coefficient (Wildman–Crippen LogP) is 3.80. The number of imidazole rings is 1. The van der Waals surface area contributed by atoms with Gasteiger partial charge in [0.15, 0.2) is 11.6 Å². The Morgan fingerprint density at radius 2 is 1.83 bits per heavy atom. The van der Waals surface area contributed by atoms with E-state index in [1.54, 1.807) is 0 Å². The van der Waals surface area contributed by atoms with E-state index in [0.717, 1.165) is 28.1 Å². The number of nitrogens with one attached hydrogen (secondary N) is 1. The molecule has 0 saturated carbocycles. The van der Waals surface area contributed by atoms with Gasteiger partial charge in [-0.25, -0.2) is 13.8 Å². The van der Waals surface area contributed by atoms with Gasteiger partial charge < -0.3 is 4.98 Å². The first-order chi connectivity index (χ1) is 8.63. The molecule has 0 aliphatic carbocycles. The number of aromatic nitrogens is 2. The third-order valence-electron chi connectivity index (χ3n) is 2.66. The summed E-state index contributed by atoms with van der Waals surface area (Å²) in [5, 5.41) is 0. The lowest BCUT2D eigenvalue weighted by molar-refractivity contribution is 0.509. The van der Waals surface area contributed by atoms with Crippen LogP contribution < -0.4 is 0 Å². The van der Waals surface area contributed by atoms with Gasteiger partial charge in [-0.1, -0.05) is 0 Å². The van der Waals surface area contributed by atoms with Crippen molar-refractivity contribution < 1.29 is 8.78 Å². The van der Waals surface area contributed by atoms with E-state index in [2.05, 4.69) is 22.6 Å². The highest BCUT2D eigenvalue weighted by molar-refractivity contribution is 7.80. The van der Waals surface area contributed by atoms with E-state index in [1.807, 2.05) is 18.2 Å². The molecule has 0 unspecified atom stereocenters. The van der Waals surface area contributed by atoms with Gasteiger partial charge in [-0.15, -0.1) is 12.6 Å². The average Bonchev–Trinajstić information content (AvgIpc) is 2.75. The number of hydrogen-bond acceptors (Lipinski definition) is 2. The minimum atomic E-state index is -0.886. The molecular weight excluding hydrogens is 254 g/mol. The third-order valence-corrected chi connectivity index (χ3v) is 2.94. The lowest BCUT2D eigenvalue weighted by Crippen LogP contribution is -1.86. The van der Waals surface area contributed by atoms with Gasteiger partial charge in [0.05, 0.1) is 11.0 Å². The number of halogens is 2. The Morgan fingerprint density at radius 3 is 2.61 bits per heavy atom. The Balaban J connectivity index is 2.16. The molecule has 0 aliphatic rings. The molecule has 0 saturated heterocycles. The average molecular weight is 262 g/mol. The van der Waals surface area contributed by atoms with Gasteiger partial charge in [-0.3, -0.25) is 0 Å². The SMILES string of the molecule is Fc1ccc(-c2nc3ccc(S)cc3[nH]2)cc1F. The van der Waals surface area contributed by atoms with Crippen LogP contribution >= 0.6 is 12.6 Å². The molecule has 3 rings (SSSR count). The molecule has 0 atom stereocenters. The molecule has 1 heterocycles. The fourth-order valence-electron chi connectivity index (χ4n) is 1.78. The summed E-state index contributed by atoms with van der Waals surface area (Å²) in [6.07, 6.45) is 0. The summed E-state index contributed by atoms with van der Waals surface area (Å²) in [5.41, 5.74) is 2.07. The van der Waals surface area contributed by atoms with Crippen molar-refractivity contribution in [3.63, 3.8) is 0 Å². The molecule has 0 radical (unpaired) electrons. The summed E-state index contributed by atoms with van der Waals surface area (Å²) >= 11 is 4.23. The van der Waals surface area contributed by atoms with E-state index < -0.39 is 11.6 Å². The Labute approximate surface area is 107 Å². The maximum absolute atomic E-state index is 13.2. The standard InChI is InChI=1S/C13H8F2N2S/c14-9-3-1-7(5-10(9)15)13-16-11-4-2-8(18)6-12(11)17-13/h1-6,18H,(H,16,17). The highest BCUT2D eigenvalue weighted by Crippen LogP contribution is 2.23. The van der Waals surface area contributed by atoms with Crippen LogP contribution in [0, 0.1) is 11.6 Å². The molecule has 0 bridgehead atoms. The fourth-order valence-corrected chi connectivity index (χ4v) is 1.98. The zero-order valence-electron chi connectivity index (χ0n) is 9.11. The Morgan fingerprint density at radius 1 is 1.00 bits per heavy atom. The van der Waals surface area contributed by atoms with Crippen LogP contribution in [0.3, 0.4) is 0 Å². The summed E-state index contributed by atoms with van der Waals surface area (Å²) in [4.78, 5) is 8.17. The molecule has 5 heteroatoms. The zero-order chi connectivity index (χ0) is 12.7. The molecule has 2 nitrogen and oxygen atoms in total. The number of rotatable bonds is 1. The van der Waals surface area contributed by atoms with Crippen LogP contribution in [0.15, 0.2) is 41.3 Å². The molecule has 2 aromatic carbocycles. The largest absolute Gasteiger partial charge is 0.338 e. The van der Waals surface area contributed by atoms with E-state index in [4.69, 9.17) is 0 Å². The number of thiol groups is 1. The fraction of sp³-hybridized carbons (Fsp3) is 0. The molecule has 0 spiro atoms. The van der Waals surface area contributed by atoms with Crippen LogP contribution in [0.2, 0.25) is 0 Å². The lowest BCUT2D eigenvalue weighted by Gasteiger charge is -1.97. The van der Waals surface area contributed by atoms with Gasteiger partial charge in [0.2, 0.25) is 0 Å². The van der Waals surface area contributed by atoms with Crippen LogP contribution in [0.5, 0.6) is 0 Å². The quantitative estimate of drug-likeness (QED) is 0.642. The van der Waals surface area contributed by atoms with Crippen LogP contribution in [0.1, 0.15) is 0 Å². The molecule has 1 N–H and O–H groups in total. The molecule has 90 valence electrons. The van der Waals surface area contributed by atoms with Crippen molar-refractivity contribution in [1.82, 2.24) is 9.97 Å². The summed E-state index contributed by atoms with van der Waals surface area (Å²) in [5.74, 6) is -1.25. The number of H-pyrrole nitrogens is 1. The van der Waals surface area contributed by atoms with Gasteiger partial charge in [-0.05, 0) is 36.4 Å². The summed E-state index contributed by atoms with van der Waals surface area (Å²) in [6, 6.07) is 9.15. The lowest BCUT2D eigenvalue weighted by atomic mass is 10.2. The van der Waals surface area contributed by atoms with Crippen molar-refractivity contribution in [3.8, 4) is 11.4 Å². The first-order valence-electron chi connectivity index (χ1n) is 5.27. The van der Waals surface area contributed by atoms with Crippen molar-refractivity contribution in [1.29, 1.82) is 0 Å². The zero-order valence-corrected chi connectivity index (χ0v) is 10.0. The van der Waals surface area contributed by atoms with Crippen molar-refractivity contribution >= 4 is 23.7 Å². The van der Waals surface area contributed by atoms with Crippen LogP contribution in [-0.2, 0) is 0 Å². The molecule has 0 aliphatic heterocycles. The second-order valence-electron chi connectivity index (χ2n) is 3.92. The minimum absolute atomic E-state index is 0.503. The summed E-state index contributed by atoms with van der Waals surface area (Å²) in [7, 11) is 0. The van der Waals surface area contributed by atoms with Gasteiger partial charge >= 0.3 is 0 Å². The normalized spacial score (nSPS) is 11.1. The highest BCUT2D eigenvalue weighted by Gasteiger charge is 2.08. The van der Waals surface area contributed by atoms with E-state index >= 15 is 0 Å². The first kappa shape index (κ1) is 11.2. The Bertz CT molecular complexity index is 737. The van der Waals surface area contributed by atoms with Gasteiger partial charge in [0, 0.05) is 10.5 Å². The van der Waals surface area contributed by atoms with Crippen molar-refractivity contribution in [2.45, 2.75) is 4.90 Å². The minimum Gasteiger partial charge on any atom is -0.338 e. The predicted molar refractivity (Wildman–Crippen MR) is 68.7 cm³/mol. The molecule has 18 heavy (non-hydrogen) atoms. The van der Waals surface area contributed by atoms with Crippen molar-refractivity contribution in [2.24, 2.45) is 0 Å². The van der Waals surface area contributed by atoms with E-state index in [0.29, 0.717) is 11.4 Å². The van der Waals surface area contributed by atoms with E-state index in [9.17, 15) is 8.78 Å². The second kappa shape index (κ2) is 4.10. The summed E-state index contributed by atoms with van der Waals surface area (Å²) < 4.78 is 26.0. The van der Waals surface area contributed by atoms with Crippen molar-refractivity contribution in [3.05, 3.63) is 48.0 Å². The maximum atomic E-state index is 13.2.